The van der Waals surface area contributed by atoms with Crippen molar-refractivity contribution >= 4 is 11.3 Å². The Kier molecular flexibility index (Phi) is 4.35. The second kappa shape index (κ2) is 6.20. The third-order valence-electron chi connectivity index (χ3n) is 2.42. The third-order valence-corrected chi connectivity index (χ3v) is 3.32. The first-order chi connectivity index (χ1) is 8.81. The first-order valence-corrected chi connectivity index (χ1v) is 6.51. The van der Waals surface area contributed by atoms with E-state index in [4.69, 9.17) is 5.11 Å². The zero-order valence-corrected chi connectivity index (χ0v) is 10.6. The molecule has 0 aromatic carbocycles. The van der Waals surface area contributed by atoms with E-state index in [-0.39, 0.29) is 12.2 Å². The predicted octanol–water partition coefficient (Wildman–Crippen LogP) is 1.69. The molecule has 0 aliphatic heterocycles. The topological polar surface area (TPSA) is 42.2 Å². The van der Waals surface area contributed by atoms with E-state index in [1.807, 2.05) is 17.5 Å². The summed E-state index contributed by atoms with van der Waals surface area (Å²) < 4.78 is 1.66. The first-order valence-electron chi connectivity index (χ1n) is 5.63. The molecule has 0 bridgehead atoms. The summed E-state index contributed by atoms with van der Waals surface area (Å²) in [6.07, 6.45) is 2.24. The molecule has 0 spiro atoms. The molecule has 0 unspecified atom stereocenters. The standard InChI is InChI=1S/C14H13NO2S/c16-9-4-2-5-12-7-10-18-13(12)11-15-8-3-1-6-14(15)17/h1,3,6-8,10,16H,4,9,11H2. The second-order valence-electron chi connectivity index (χ2n) is 3.70. The van der Waals surface area contributed by atoms with Crippen LogP contribution in [0.1, 0.15) is 16.9 Å². The van der Waals surface area contributed by atoms with Crippen LogP contribution in [0, 0.1) is 11.8 Å². The van der Waals surface area contributed by atoms with Crippen LogP contribution in [0.4, 0.5) is 0 Å². The van der Waals surface area contributed by atoms with Crippen molar-refractivity contribution in [1.29, 1.82) is 0 Å². The van der Waals surface area contributed by atoms with Gasteiger partial charge in [0.05, 0.1) is 13.2 Å². The van der Waals surface area contributed by atoms with Gasteiger partial charge in [-0.1, -0.05) is 17.9 Å². The van der Waals surface area contributed by atoms with E-state index in [1.54, 1.807) is 34.2 Å². The molecular formula is C14H13NO2S. The normalized spacial score (nSPS) is 9.83. The van der Waals surface area contributed by atoms with Crippen LogP contribution in [-0.2, 0) is 6.54 Å². The molecule has 0 saturated carbocycles. The molecule has 2 rings (SSSR count). The fraction of sp³-hybridized carbons (Fsp3) is 0.214. The molecule has 0 aliphatic carbocycles. The summed E-state index contributed by atoms with van der Waals surface area (Å²) in [7, 11) is 0. The number of aromatic nitrogens is 1. The Morgan fingerprint density at radius 2 is 2.22 bits per heavy atom. The summed E-state index contributed by atoms with van der Waals surface area (Å²) in [4.78, 5) is 12.7. The van der Waals surface area contributed by atoms with Crippen molar-refractivity contribution in [3.05, 3.63) is 56.6 Å². The molecule has 0 radical (unpaired) electrons. The van der Waals surface area contributed by atoms with Gasteiger partial charge in [-0.3, -0.25) is 4.79 Å². The van der Waals surface area contributed by atoms with Gasteiger partial charge in [-0.2, -0.15) is 0 Å². The molecule has 0 amide bonds. The zero-order valence-electron chi connectivity index (χ0n) is 9.80. The van der Waals surface area contributed by atoms with E-state index in [0.29, 0.717) is 13.0 Å². The van der Waals surface area contributed by atoms with Crippen LogP contribution in [-0.4, -0.2) is 16.3 Å². The Labute approximate surface area is 109 Å². The third kappa shape index (κ3) is 3.10. The lowest BCUT2D eigenvalue weighted by Gasteiger charge is -2.03. The number of aliphatic hydroxyl groups is 1. The highest BCUT2D eigenvalue weighted by atomic mass is 32.1. The van der Waals surface area contributed by atoms with Gasteiger partial charge in [-0.05, 0) is 17.5 Å². The van der Waals surface area contributed by atoms with E-state index in [1.165, 1.54) is 0 Å². The highest BCUT2D eigenvalue weighted by Gasteiger charge is 2.03. The van der Waals surface area contributed by atoms with Crippen LogP contribution >= 0.6 is 11.3 Å². The summed E-state index contributed by atoms with van der Waals surface area (Å²) in [5, 5.41) is 10.7. The van der Waals surface area contributed by atoms with Gasteiger partial charge in [0, 0.05) is 29.1 Å². The molecule has 92 valence electrons. The van der Waals surface area contributed by atoms with Crippen molar-refractivity contribution in [1.82, 2.24) is 4.57 Å². The van der Waals surface area contributed by atoms with E-state index < -0.39 is 0 Å². The van der Waals surface area contributed by atoms with Crippen molar-refractivity contribution < 1.29 is 5.11 Å². The molecule has 2 aromatic heterocycles. The summed E-state index contributed by atoms with van der Waals surface area (Å²) in [6, 6.07) is 7.06. The zero-order chi connectivity index (χ0) is 12.8. The number of hydrogen-bond acceptors (Lipinski definition) is 3. The number of rotatable bonds is 3. The maximum Gasteiger partial charge on any atom is 0.250 e. The lowest BCUT2D eigenvalue weighted by atomic mass is 10.2. The van der Waals surface area contributed by atoms with Crippen LogP contribution in [0.3, 0.4) is 0 Å². The van der Waals surface area contributed by atoms with Gasteiger partial charge in [-0.25, -0.2) is 0 Å². The van der Waals surface area contributed by atoms with Crippen LogP contribution in [0.25, 0.3) is 0 Å². The average molecular weight is 259 g/mol. The monoisotopic (exact) mass is 259 g/mol. The molecule has 1 N–H and O–H groups in total. The van der Waals surface area contributed by atoms with Gasteiger partial charge in [0.1, 0.15) is 0 Å². The minimum absolute atomic E-state index is 0.0137. The minimum Gasteiger partial charge on any atom is -0.395 e. The highest BCUT2D eigenvalue weighted by molar-refractivity contribution is 7.10. The van der Waals surface area contributed by atoms with Gasteiger partial charge >= 0.3 is 0 Å². The van der Waals surface area contributed by atoms with E-state index >= 15 is 0 Å². The van der Waals surface area contributed by atoms with Crippen molar-refractivity contribution in [2.24, 2.45) is 0 Å². The van der Waals surface area contributed by atoms with Crippen molar-refractivity contribution in [2.45, 2.75) is 13.0 Å². The fourth-order valence-corrected chi connectivity index (χ4v) is 2.36. The van der Waals surface area contributed by atoms with Gasteiger partial charge in [0.2, 0.25) is 0 Å². The molecular weight excluding hydrogens is 246 g/mol. The van der Waals surface area contributed by atoms with Gasteiger partial charge in [0.15, 0.2) is 0 Å². The van der Waals surface area contributed by atoms with E-state index in [0.717, 1.165) is 10.4 Å². The minimum atomic E-state index is -0.0137. The maximum absolute atomic E-state index is 11.6. The SMILES string of the molecule is O=c1ccccn1Cc1sccc1C#CCCO. The van der Waals surface area contributed by atoms with Crippen LogP contribution in [0.15, 0.2) is 40.6 Å². The van der Waals surface area contributed by atoms with E-state index in [2.05, 4.69) is 11.8 Å². The summed E-state index contributed by atoms with van der Waals surface area (Å²) in [5.74, 6) is 5.92. The smallest absolute Gasteiger partial charge is 0.250 e. The quantitative estimate of drug-likeness (QED) is 0.852. The Hall–Kier alpha value is -1.83. The molecule has 2 heterocycles. The number of thiophene rings is 1. The number of hydrogen-bond donors (Lipinski definition) is 1. The molecule has 3 nitrogen and oxygen atoms in total. The number of pyridine rings is 1. The molecule has 2 aromatic rings. The van der Waals surface area contributed by atoms with Crippen molar-refractivity contribution in [2.75, 3.05) is 6.61 Å². The Balaban J connectivity index is 2.21. The predicted molar refractivity (Wildman–Crippen MR) is 72.7 cm³/mol. The summed E-state index contributed by atoms with van der Waals surface area (Å²) >= 11 is 1.59. The summed E-state index contributed by atoms with van der Waals surface area (Å²) in [5.41, 5.74) is 0.921. The Morgan fingerprint density at radius 3 is 3.00 bits per heavy atom. The molecule has 0 saturated heterocycles. The van der Waals surface area contributed by atoms with E-state index in [9.17, 15) is 4.79 Å². The van der Waals surface area contributed by atoms with Crippen molar-refractivity contribution in [3.63, 3.8) is 0 Å². The first kappa shape index (κ1) is 12.6. The molecule has 4 heteroatoms. The molecule has 0 fully saturated rings. The molecule has 18 heavy (non-hydrogen) atoms. The van der Waals surface area contributed by atoms with Crippen molar-refractivity contribution in [3.8, 4) is 11.8 Å². The van der Waals surface area contributed by atoms with Crippen LogP contribution < -0.4 is 5.56 Å². The Morgan fingerprint density at radius 1 is 1.33 bits per heavy atom. The fourth-order valence-electron chi connectivity index (χ4n) is 1.53. The van der Waals surface area contributed by atoms with Gasteiger partial charge in [-0.15, -0.1) is 11.3 Å². The highest BCUT2D eigenvalue weighted by Crippen LogP contribution is 2.16. The summed E-state index contributed by atoms with van der Waals surface area (Å²) in [6.45, 7) is 0.616. The van der Waals surface area contributed by atoms with Gasteiger partial charge < -0.3 is 9.67 Å². The molecule has 0 atom stereocenters. The number of aliphatic hydroxyl groups excluding tert-OH is 1. The molecule has 0 aliphatic rings. The van der Waals surface area contributed by atoms with Crippen LogP contribution in [0.5, 0.6) is 0 Å². The average Bonchev–Trinajstić information content (AvgIpc) is 2.80. The lowest BCUT2D eigenvalue weighted by Crippen LogP contribution is -2.18. The van der Waals surface area contributed by atoms with Gasteiger partial charge in [0.25, 0.3) is 5.56 Å². The lowest BCUT2D eigenvalue weighted by molar-refractivity contribution is 0.305. The van der Waals surface area contributed by atoms with Crippen LogP contribution in [0.2, 0.25) is 0 Å². The largest absolute Gasteiger partial charge is 0.395 e. The number of nitrogens with zero attached hydrogens (tertiary/aromatic N) is 1. The second-order valence-corrected chi connectivity index (χ2v) is 4.70. The Bertz CT molecular complexity index is 631. The maximum atomic E-state index is 11.6.